The van der Waals surface area contributed by atoms with Crippen molar-refractivity contribution in [2.45, 2.75) is 0 Å². The fourth-order valence-electron chi connectivity index (χ4n) is 1.48. The van der Waals surface area contributed by atoms with Gasteiger partial charge in [0.15, 0.2) is 23.3 Å². The lowest BCUT2D eigenvalue weighted by Gasteiger charge is -2.09. The molecule has 0 spiro atoms. The van der Waals surface area contributed by atoms with E-state index in [4.69, 9.17) is 5.11 Å². The van der Waals surface area contributed by atoms with Crippen molar-refractivity contribution in [2.75, 3.05) is 5.32 Å². The van der Waals surface area contributed by atoms with Crippen LogP contribution in [0.15, 0.2) is 24.4 Å². The Morgan fingerprint density at radius 1 is 1.15 bits per heavy atom. The number of carbonyl (C=O) groups is 1. The molecule has 2 aromatic rings. The number of pyridine rings is 1. The zero-order chi connectivity index (χ0) is 14.9. The maximum Gasteiger partial charge on any atom is 0.338 e. The Hall–Kier alpha value is -2.64. The average Bonchev–Trinajstić information content (AvgIpc) is 2.35. The summed E-state index contributed by atoms with van der Waals surface area (Å²) in [6.07, 6.45) is 0.953. The molecule has 8 heteroatoms. The third kappa shape index (κ3) is 2.53. The van der Waals surface area contributed by atoms with Crippen molar-refractivity contribution >= 4 is 17.5 Å². The standard InChI is InChI=1S/C12H6F4N2O2/c13-5-3-7(14)10(8(15)4-5)18-11-9(16)6(12(19)20)1-2-17-11/h1-4H,(H,17,18)(H,19,20). The Labute approximate surface area is 109 Å². The van der Waals surface area contributed by atoms with Crippen LogP contribution in [0.5, 0.6) is 0 Å². The Morgan fingerprint density at radius 2 is 1.75 bits per heavy atom. The van der Waals surface area contributed by atoms with Crippen LogP contribution in [0, 0.1) is 23.3 Å². The third-order valence-electron chi connectivity index (χ3n) is 2.37. The molecule has 104 valence electrons. The summed E-state index contributed by atoms with van der Waals surface area (Å²) in [6, 6.07) is 1.68. The molecule has 20 heavy (non-hydrogen) atoms. The van der Waals surface area contributed by atoms with Crippen molar-refractivity contribution in [1.29, 1.82) is 0 Å². The molecule has 0 bridgehead atoms. The Morgan fingerprint density at radius 3 is 2.30 bits per heavy atom. The number of anilines is 2. The topological polar surface area (TPSA) is 62.2 Å². The third-order valence-corrected chi connectivity index (χ3v) is 2.37. The molecule has 0 amide bonds. The summed E-state index contributed by atoms with van der Waals surface area (Å²) in [5, 5.41) is 10.7. The van der Waals surface area contributed by atoms with Gasteiger partial charge in [-0.1, -0.05) is 0 Å². The van der Waals surface area contributed by atoms with Crippen LogP contribution in [0.4, 0.5) is 29.1 Å². The van der Waals surface area contributed by atoms with Gasteiger partial charge in [-0.15, -0.1) is 0 Å². The molecule has 0 saturated heterocycles. The van der Waals surface area contributed by atoms with E-state index < -0.39 is 46.3 Å². The van der Waals surface area contributed by atoms with E-state index in [2.05, 4.69) is 4.98 Å². The van der Waals surface area contributed by atoms with Gasteiger partial charge in [-0.3, -0.25) is 0 Å². The van der Waals surface area contributed by atoms with Crippen molar-refractivity contribution in [3.05, 3.63) is 53.2 Å². The van der Waals surface area contributed by atoms with Gasteiger partial charge in [0.2, 0.25) is 0 Å². The van der Waals surface area contributed by atoms with Crippen LogP contribution in [0.25, 0.3) is 0 Å². The lowest BCUT2D eigenvalue weighted by molar-refractivity contribution is 0.0692. The number of nitrogens with zero attached hydrogens (tertiary/aromatic N) is 1. The van der Waals surface area contributed by atoms with Gasteiger partial charge in [-0.25, -0.2) is 27.3 Å². The highest BCUT2D eigenvalue weighted by atomic mass is 19.1. The smallest absolute Gasteiger partial charge is 0.338 e. The zero-order valence-corrected chi connectivity index (χ0v) is 9.62. The fraction of sp³-hybridized carbons (Fsp3) is 0. The first-order valence-electron chi connectivity index (χ1n) is 5.19. The molecule has 0 aliphatic heterocycles. The quantitative estimate of drug-likeness (QED) is 0.851. The number of benzene rings is 1. The molecule has 0 atom stereocenters. The number of hydrogen-bond acceptors (Lipinski definition) is 3. The van der Waals surface area contributed by atoms with E-state index in [1.165, 1.54) is 0 Å². The van der Waals surface area contributed by atoms with Crippen LogP contribution in [-0.4, -0.2) is 16.1 Å². The van der Waals surface area contributed by atoms with E-state index in [1.54, 1.807) is 0 Å². The molecular formula is C12H6F4N2O2. The number of hydrogen-bond donors (Lipinski definition) is 2. The summed E-state index contributed by atoms with van der Waals surface area (Å²) < 4.78 is 53.2. The largest absolute Gasteiger partial charge is 0.478 e. The first kappa shape index (κ1) is 13.8. The molecule has 0 saturated carbocycles. The molecule has 1 aromatic carbocycles. The predicted molar refractivity (Wildman–Crippen MR) is 60.8 cm³/mol. The van der Waals surface area contributed by atoms with Crippen molar-refractivity contribution in [3.63, 3.8) is 0 Å². The highest BCUT2D eigenvalue weighted by Gasteiger charge is 2.18. The normalized spacial score (nSPS) is 10.4. The van der Waals surface area contributed by atoms with Gasteiger partial charge < -0.3 is 10.4 Å². The number of aromatic carboxylic acids is 1. The monoisotopic (exact) mass is 286 g/mol. The number of rotatable bonds is 3. The maximum absolute atomic E-state index is 13.7. The summed E-state index contributed by atoms with van der Waals surface area (Å²) in [6.45, 7) is 0. The lowest BCUT2D eigenvalue weighted by Crippen LogP contribution is -2.07. The summed E-state index contributed by atoms with van der Waals surface area (Å²) >= 11 is 0. The van der Waals surface area contributed by atoms with Gasteiger partial charge in [-0.05, 0) is 6.07 Å². The molecule has 2 rings (SSSR count). The van der Waals surface area contributed by atoms with Crippen LogP contribution in [0.1, 0.15) is 10.4 Å². The van der Waals surface area contributed by atoms with Crippen LogP contribution in [0.2, 0.25) is 0 Å². The second-order valence-electron chi connectivity index (χ2n) is 3.70. The van der Waals surface area contributed by atoms with Gasteiger partial charge in [-0.2, -0.15) is 0 Å². The van der Waals surface area contributed by atoms with Gasteiger partial charge in [0, 0.05) is 18.3 Å². The number of halogens is 4. The predicted octanol–water partition coefficient (Wildman–Crippen LogP) is 3.08. The number of carboxylic acids is 1. The SMILES string of the molecule is O=C(O)c1ccnc(Nc2c(F)cc(F)cc2F)c1F. The van der Waals surface area contributed by atoms with Crippen molar-refractivity contribution in [3.8, 4) is 0 Å². The van der Waals surface area contributed by atoms with Crippen molar-refractivity contribution in [2.24, 2.45) is 0 Å². The molecule has 4 nitrogen and oxygen atoms in total. The van der Waals surface area contributed by atoms with Gasteiger partial charge in [0.05, 0.1) is 0 Å². The minimum atomic E-state index is -1.56. The van der Waals surface area contributed by atoms with E-state index in [0.29, 0.717) is 12.1 Å². The van der Waals surface area contributed by atoms with Gasteiger partial charge >= 0.3 is 5.97 Å². The Balaban J connectivity index is 2.46. The van der Waals surface area contributed by atoms with E-state index in [1.807, 2.05) is 5.32 Å². The fourth-order valence-corrected chi connectivity index (χ4v) is 1.48. The van der Waals surface area contributed by atoms with Gasteiger partial charge in [0.25, 0.3) is 0 Å². The summed E-state index contributed by atoms with van der Waals surface area (Å²) in [7, 11) is 0. The van der Waals surface area contributed by atoms with Crippen LogP contribution in [-0.2, 0) is 0 Å². The number of carboxylic acid groups (broad SMARTS) is 1. The van der Waals surface area contributed by atoms with E-state index in [9.17, 15) is 22.4 Å². The molecule has 0 aliphatic rings. The summed E-state index contributed by atoms with van der Waals surface area (Å²) in [5.41, 5.74) is -1.55. The lowest BCUT2D eigenvalue weighted by atomic mass is 10.2. The highest BCUT2D eigenvalue weighted by Crippen LogP contribution is 2.25. The molecule has 0 unspecified atom stereocenters. The Kier molecular flexibility index (Phi) is 3.55. The van der Waals surface area contributed by atoms with Crippen LogP contribution in [0.3, 0.4) is 0 Å². The first-order chi connectivity index (χ1) is 9.40. The highest BCUT2D eigenvalue weighted by molar-refractivity contribution is 5.89. The maximum atomic E-state index is 13.7. The van der Waals surface area contributed by atoms with Crippen LogP contribution < -0.4 is 5.32 Å². The summed E-state index contributed by atoms with van der Waals surface area (Å²) in [4.78, 5) is 14.2. The molecule has 2 N–H and O–H groups in total. The molecule has 0 fully saturated rings. The van der Waals surface area contributed by atoms with E-state index in [-0.39, 0.29) is 0 Å². The molecular weight excluding hydrogens is 280 g/mol. The van der Waals surface area contributed by atoms with Crippen molar-refractivity contribution < 1.29 is 27.5 Å². The molecule has 1 aromatic heterocycles. The van der Waals surface area contributed by atoms with Crippen LogP contribution >= 0.6 is 0 Å². The minimum absolute atomic E-state index is 0.393. The molecule has 0 aliphatic carbocycles. The Bertz CT molecular complexity index is 668. The number of aromatic nitrogens is 1. The molecule has 1 heterocycles. The van der Waals surface area contributed by atoms with Crippen molar-refractivity contribution in [1.82, 2.24) is 4.98 Å². The summed E-state index contributed by atoms with van der Waals surface area (Å²) in [5.74, 6) is -7.28. The minimum Gasteiger partial charge on any atom is -0.478 e. The van der Waals surface area contributed by atoms with Gasteiger partial charge in [0.1, 0.15) is 17.1 Å². The molecule has 0 radical (unpaired) electrons. The number of nitrogens with one attached hydrogen (secondary N) is 1. The first-order valence-corrected chi connectivity index (χ1v) is 5.19. The zero-order valence-electron chi connectivity index (χ0n) is 9.62. The van der Waals surface area contributed by atoms with E-state index >= 15 is 0 Å². The van der Waals surface area contributed by atoms with E-state index in [0.717, 1.165) is 12.3 Å². The second-order valence-corrected chi connectivity index (χ2v) is 3.70. The average molecular weight is 286 g/mol. The second kappa shape index (κ2) is 5.16.